The smallest absolute Gasteiger partial charge is 0.137 e. The van der Waals surface area contributed by atoms with Gasteiger partial charge in [0.2, 0.25) is 0 Å². The van der Waals surface area contributed by atoms with E-state index in [9.17, 15) is 5.26 Å². The van der Waals surface area contributed by atoms with Crippen molar-refractivity contribution < 1.29 is 0 Å². The van der Waals surface area contributed by atoms with Gasteiger partial charge in [-0.15, -0.1) is 11.3 Å². The molecule has 0 spiro atoms. The van der Waals surface area contributed by atoms with Crippen molar-refractivity contribution >= 4 is 17.0 Å². The molecular weight excluding hydrogens is 242 g/mol. The van der Waals surface area contributed by atoms with Crippen LogP contribution in [0.15, 0.2) is 41.9 Å². The zero-order valence-electron chi connectivity index (χ0n) is 9.87. The second kappa shape index (κ2) is 4.28. The van der Waals surface area contributed by atoms with E-state index in [0.29, 0.717) is 0 Å². The predicted molar refractivity (Wildman–Crippen MR) is 72.5 cm³/mol. The number of hydrogen-bond acceptors (Lipinski definition) is 3. The van der Waals surface area contributed by atoms with Gasteiger partial charge in [-0.1, -0.05) is 12.1 Å². The maximum atomic E-state index is 9.20. The first-order valence-corrected chi connectivity index (χ1v) is 6.59. The Morgan fingerprint density at radius 2 is 2.22 bits per heavy atom. The van der Waals surface area contributed by atoms with E-state index < -0.39 is 0 Å². The van der Waals surface area contributed by atoms with Gasteiger partial charge < -0.3 is 4.40 Å². The van der Waals surface area contributed by atoms with Crippen molar-refractivity contribution in [3.05, 3.63) is 47.6 Å². The van der Waals surface area contributed by atoms with Gasteiger partial charge in [-0.3, -0.25) is 0 Å². The Morgan fingerprint density at radius 3 is 2.94 bits per heavy atom. The number of thiophene rings is 1. The molecule has 0 aliphatic rings. The highest BCUT2D eigenvalue weighted by Gasteiger charge is 2.19. The van der Waals surface area contributed by atoms with Crippen molar-refractivity contribution in [3.63, 3.8) is 0 Å². The Kier molecular flexibility index (Phi) is 2.62. The normalized spacial score (nSPS) is 12.4. The van der Waals surface area contributed by atoms with Gasteiger partial charge >= 0.3 is 0 Å². The minimum atomic E-state index is -0.181. The lowest BCUT2D eigenvalue weighted by molar-refractivity contribution is 0.901. The van der Waals surface area contributed by atoms with Gasteiger partial charge in [0.25, 0.3) is 0 Å². The molecule has 0 aliphatic heterocycles. The Bertz CT molecular complexity index is 719. The summed E-state index contributed by atoms with van der Waals surface area (Å²) in [4.78, 5) is 5.75. The number of nitrogens with zero attached hydrogens (tertiary/aromatic N) is 3. The number of aromatic nitrogens is 2. The number of pyridine rings is 1. The number of fused-ring (bicyclic) bond motifs is 1. The van der Waals surface area contributed by atoms with Crippen LogP contribution in [0.2, 0.25) is 0 Å². The molecule has 3 heterocycles. The van der Waals surface area contributed by atoms with Crippen molar-refractivity contribution in [1.29, 1.82) is 5.26 Å². The Labute approximate surface area is 109 Å². The summed E-state index contributed by atoms with van der Waals surface area (Å²) in [7, 11) is 0. The first-order chi connectivity index (χ1) is 8.81. The molecule has 0 aliphatic carbocycles. The first kappa shape index (κ1) is 11.0. The van der Waals surface area contributed by atoms with Crippen LogP contribution in [0.5, 0.6) is 0 Å². The zero-order valence-corrected chi connectivity index (χ0v) is 10.7. The molecule has 3 aromatic rings. The molecule has 18 heavy (non-hydrogen) atoms. The summed E-state index contributed by atoms with van der Waals surface area (Å²) in [5.41, 5.74) is 2.78. The van der Waals surface area contributed by atoms with Crippen LogP contribution >= 0.6 is 11.3 Å². The molecule has 0 radical (unpaired) electrons. The average Bonchev–Trinajstić information content (AvgIpc) is 3.04. The summed E-state index contributed by atoms with van der Waals surface area (Å²) in [6.45, 7) is 1.91. The van der Waals surface area contributed by atoms with Gasteiger partial charge in [-0.05, 0) is 30.5 Å². The van der Waals surface area contributed by atoms with Crippen LogP contribution < -0.4 is 0 Å². The lowest BCUT2D eigenvalue weighted by Crippen LogP contribution is -1.97. The van der Waals surface area contributed by atoms with E-state index in [4.69, 9.17) is 0 Å². The van der Waals surface area contributed by atoms with Crippen molar-refractivity contribution in [1.82, 2.24) is 9.38 Å². The summed E-state index contributed by atoms with van der Waals surface area (Å²) >= 11 is 1.65. The number of nitriles is 1. The van der Waals surface area contributed by atoms with Crippen molar-refractivity contribution in [3.8, 4) is 16.6 Å². The molecule has 0 saturated heterocycles. The maximum Gasteiger partial charge on any atom is 0.137 e. The molecule has 0 saturated carbocycles. The third-order valence-corrected chi connectivity index (χ3v) is 3.80. The van der Waals surface area contributed by atoms with Crippen LogP contribution in [-0.4, -0.2) is 9.38 Å². The van der Waals surface area contributed by atoms with Crippen molar-refractivity contribution in [2.75, 3.05) is 0 Å². The molecule has 3 nitrogen and oxygen atoms in total. The van der Waals surface area contributed by atoms with E-state index in [1.54, 1.807) is 11.3 Å². The predicted octanol–water partition coefficient (Wildman–Crippen LogP) is 3.69. The fourth-order valence-corrected chi connectivity index (χ4v) is 2.81. The zero-order chi connectivity index (χ0) is 12.5. The second-order valence-electron chi connectivity index (χ2n) is 4.10. The molecule has 0 bridgehead atoms. The Balaban J connectivity index is 2.34. The van der Waals surface area contributed by atoms with E-state index in [0.717, 1.165) is 21.9 Å². The molecule has 1 unspecified atom stereocenters. The fourth-order valence-electron chi connectivity index (χ4n) is 2.08. The van der Waals surface area contributed by atoms with E-state index in [1.807, 2.05) is 53.2 Å². The van der Waals surface area contributed by atoms with Crippen LogP contribution in [0.1, 0.15) is 18.5 Å². The van der Waals surface area contributed by atoms with Crippen molar-refractivity contribution in [2.24, 2.45) is 0 Å². The lowest BCUT2D eigenvalue weighted by atomic mass is 10.1. The molecule has 3 rings (SSSR count). The molecule has 0 amide bonds. The SMILES string of the molecule is CC(C#N)c1c(-c2cccs2)nc2ccccn12. The molecule has 1 atom stereocenters. The third kappa shape index (κ3) is 1.60. The average molecular weight is 253 g/mol. The van der Waals surface area contributed by atoms with E-state index in [-0.39, 0.29) is 5.92 Å². The summed E-state index contributed by atoms with van der Waals surface area (Å²) in [6.07, 6.45) is 1.96. The number of imidazole rings is 1. The molecule has 3 aromatic heterocycles. The summed E-state index contributed by atoms with van der Waals surface area (Å²) in [5, 5.41) is 11.2. The van der Waals surface area contributed by atoms with E-state index >= 15 is 0 Å². The lowest BCUT2D eigenvalue weighted by Gasteiger charge is -2.05. The quantitative estimate of drug-likeness (QED) is 0.699. The Hall–Kier alpha value is -2.12. The van der Waals surface area contributed by atoms with Crippen LogP contribution in [0.4, 0.5) is 0 Å². The first-order valence-electron chi connectivity index (χ1n) is 5.71. The Morgan fingerprint density at radius 1 is 1.33 bits per heavy atom. The molecule has 0 N–H and O–H groups in total. The maximum absolute atomic E-state index is 9.20. The van der Waals surface area contributed by atoms with Crippen LogP contribution in [-0.2, 0) is 0 Å². The molecule has 4 heteroatoms. The molecular formula is C14H11N3S. The van der Waals surface area contributed by atoms with Gasteiger partial charge in [0.1, 0.15) is 11.3 Å². The minimum Gasteiger partial charge on any atom is -0.302 e. The van der Waals surface area contributed by atoms with Crippen molar-refractivity contribution in [2.45, 2.75) is 12.8 Å². The molecule has 88 valence electrons. The van der Waals surface area contributed by atoms with Crippen LogP contribution in [0, 0.1) is 11.3 Å². The molecule has 0 aromatic carbocycles. The van der Waals surface area contributed by atoms with Gasteiger partial charge in [0, 0.05) is 6.20 Å². The van der Waals surface area contributed by atoms with Gasteiger partial charge in [-0.2, -0.15) is 5.26 Å². The highest BCUT2D eigenvalue weighted by atomic mass is 32.1. The summed E-state index contributed by atoms with van der Waals surface area (Å²) < 4.78 is 2.00. The summed E-state index contributed by atoms with van der Waals surface area (Å²) in [6, 6.07) is 12.2. The van der Waals surface area contributed by atoms with Crippen LogP contribution in [0.3, 0.4) is 0 Å². The monoisotopic (exact) mass is 253 g/mol. The van der Waals surface area contributed by atoms with Gasteiger partial charge in [-0.25, -0.2) is 4.98 Å². The van der Waals surface area contributed by atoms with Crippen LogP contribution in [0.25, 0.3) is 16.2 Å². The second-order valence-corrected chi connectivity index (χ2v) is 5.05. The summed E-state index contributed by atoms with van der Waals surface area (Å²) in [5.74, 6) is -0.181. The largest absolute Gasteiger partial charge is 0.302 e. The van der Waals surface area contributed by atoms with E-state index in [1.165, 1.54) is 0 Å². The fraction of sp³-hybridized carbons (Fsp3) is 0.143. The third-order valence-electron chi connectivity index (χ3n) is 2.93. The highest BCUT2D eigenvalue weighted by Crippen LogP contribution is 2.32. The number of rotatable bonds is 2. The van der Waals surface area contributed by atoms with Gasteiger partial charge in [0.05, 0.1) is 22.6 Å². The minimum absolute atomic E-state index is 0.181. The topological polar surface area (TPSA) is 41.1 Å². The molecule has 0 fully saturated rings. The number of hydrogen-bond donors (Lipinski definition) is 0. The highest BCUT2D eigenvalue weighted by molar-refractivity contribution is 7.13. The standard InChI is InChI=1S/C14H11N3S/c1-10(9-15)14-13(11-5-4-8-18-11)16-12-6-2-3-7-17(12)14/h2-8,10H,1H3. The van der Waals surface area contributed by atoms with Gasteiger partial charge in [0.15, 0.2) is 0 Å². The van der Waals surface area contributed by atoms with E-state index in [2.05, 4.69) is 11.1 Å².